The average Bonchev–Trinajstić information content (AvgIpc) is 2.84. The summed E-state index contributed by atoms with van der Waals surface area (Å²) in [5.41, 5.74) is 2.58. The van der Waals surface area contributed by atoms with Crippen LogP contribution in [0.5, 0.6) is 11.5 Å². The Morgan fingerprint density at radius 1 is 1.00 bits per heavy atom. The molecule has 0 unspecified atom stereocenters. The molecule has 154 valence electrons. The van der Waals surface area contributed by atoms with Crippen molar-refractivity contribution in [3.05, 3.63) is 45.4 Å². The summed E-state index contributed by atoms with van der Waals surface area (Å²) in [7, 11) is -1.15. The van der Waals surface area contributed by atoms with Gasteiger partial charge in [-0.3, -0.25) is 4.72 Å². The number of sulfonamides is 1. The van der Waals surface area contributed by atoms with Crippen molar-refractivity contribution in [3.8, 4) is 11.5 Å². The molecule has 0 radical (unpaired) electrons. The lowest BCUT2D eigenvalue weighted by atomic mass is 10.0. The van der Waals surface area contributed by atoms with E-state index in [0.717, 1.165) is 37.1 Å². The molecular weight excluding hydrogens is 447 g/mol. The Bertz CT molecular complexity index is 968. The van der Waals surface area contributed by atoms with Crippen LogP contribution in [0.2, 0.25) is 10.0 Å². The number of benzene rings is 2. The number of hydrogen-bond donors (Lipinski definition) is 2. The van der Waals surface area contributed by atoms with Gasteiger partial charge in [-0.25, -0.2) is 8.42 Å². The van der Waals surface area contributed by atoms with Crippen molar-refractivity contribution in [2.75, 3.05) is 32.0 Å². The first kappa shape index (κ1) is 22.9. The van der Waals surface area contributed by atoms with Crippen LogP contribution in [-0.2, 0) is 22.9 Å². The zero-order valence-corrected chi connectivity index (χ0v) is 18.5. The molecule has 2 N–H and O–H groups in total. The second-order valence-corrected chi connectivity index (χ2v) is 8.59. The predicted octanol–water partition coefficient (Wildman–Crippen LogP) is 3.92. The summed E-state index contributed by atoms with van der Waals surface area (Å²) in [5, 5.41) is 3.64. The van der Waals surface area contributed by atoms with Crippen LogP contribution < -0.4 is 19.5 Å². The molecule has 2 aromatic rings. The number of halogens is 3. The first-order chi connectivity index (χ1) is 12.9. The van der Waals surface area contributed by atoms with Crippen molar-refractivity contribution in [2.24, 2.45) is 0 Å². The van der Waals surface area contributed by atoms with Crippen LogP contribution in [-0.4, -0.2) is 35.7 Å². The molecule has 0 aromatic heterocycles. The van der Waals surface area contributed by atoms with Gasteiger partial charge in [0.05, 0.1) is 24.9 Å². The van der Waals surface area contributed by atoms with Gasteiger partial charge in [-0.1, -0.05) is 23.2 Å². The number of ether oxygens (including phenoxy) is 2. The fraction of sp³-hybridized carbons (Fsp3) is 0.333. The van der Waals surface area contributed by atoms with Crippen LogP contribution in [0.4, 0.5) is 5.69 Å². The maximum absolute atomic E-state index is 13.0. The molecule has 6 nitrogen and oxygen atoms in total. The summed E-state index contributed by atoms with van der Waals surface area (Å²) in [6, 6.07) is 6.42. The first-order valence-corrected chi connectivity index (χ1v) is 10.6. The third-order valence-electron chi connectivity index (χ3n) is 4.38. The highest BCUT2D eigenvalue weighted by Crippen LogP contribution is 2.37. The number of hydrogen-bond acceptors (Lipinski definition) is 5. The molecule has 0 aliphatic carbocycles. The van der Waals surface area contributed by atoms with E-state index in [4.69, 9.17) is 32.7 Å². The van der Waals surface area contributed by atoms with Crippen molar-refractivity contribution >= 4 is 51.3 Å². The first-order valence-electron chi connectivity index (χ1n) is 8.32. The lowest BCUT2D eigenvalue weighted by Gasteiger charge is -2.17. The molecule has 10 heteroatoms. The van der Waals surface area contributed by atoms with Crippen molar-refractivity contribution in [1.29, 1.82) is 0 Å². The van der Waals surface area contributed by atoms with Crippen LogP contribution in [0.1, 0.15) is 11.1 Å². The highest BCUT2D eigenvalue weighted by Gasteiger charge is 2.25. The van der Waals surface area contributed by atoms with Gasteiger partial charge in [-0.2, -0.15) is 0 Å². The predicted molar refractivity (Wildman–Crippen MR) is 114 cm³/mol. The van der Waals surface area contributed by atoms with Gasteiger partial charge < -0.3 is 14.8 Å². The highest BCUT2D eigenvalue weighted by atomic mass is 35.5. The summed E-state index contributed by atoms with van der Waals surface area (Å²) < 4.78 is 39.2. The van der Waals surface area contributed by atoms with Gasteiger partial charge in [0.25, 0.3) is 10.0 Å². The molecule has 2 aromatic carbocycles. The van der Waals surface area contributed by atoms with Gasteiger partial charge in [0.1, 0.15) is 10.6 Å². The molecular formula is C18H21Cl3N2O4S. The Morgan fingerprint density at radius 3 is 2.25 bits per heavy atom. The van der Waals surface area contributed by atoms with E-state index in [1.807, 2.05) is 12.1 Å². The Hall–Kier alpha value is -1.38. The number of nitrogens with one attached hydrogen (secondary N) is 2. The number of fused-ring (bicyclic) bond motifs is 1. The fourth-order valence-electron chi connectivity index (χ4n) is 3.09. The van der Waals surface area contributed by atoms with Crippen LogP contribution in [0.15, 0.2) is 29.2 Å². The SMILES string of the molecule is COc1cc2c(cc1NS(=O)(=O)c1cc(Cl)cc(Cl)c1OC)CCNCC2.Cl. The maximum Gasteiger partial charge on any atom is 0.265 e. The Kier molecular flexibility index (Phi) is 7.70. The number of methoxy groups -OCH3 is 2. The molecule has 0 amide bonds. The van der Waals surface area contributed by atoms with E-state index in [1.54, 1.807) is 0 Å². The summed E-state index contributed by atoms with van der Waals surface area (Å²) in [5.74, 6) is 0.484. The van der Waals surface area contributed by atoms with Gasteiger partial charge in [-0.15, -0.1) is 12.4 Å². The summed E-state index contributed by atoms with van der Waals surface area (Å²) in [6.45, 7) is 1.71. The Balaban J connectivity index is 0.00000280. The van der Waals surface area contributed by atoms with Crippen LogP contribution in [0.25, 0.3) is 0 Å². The fourth-order valence-corrected chi connectivity index (χ4v) is 5.06. The minimum absolute atomic E-state index is 0. The Labute approximate surface area is 181 Å². The van der Waals surface area contributed by atoms with E-state index >= 15 is 0 Å². The minimum atomic E-state index is -4.01. The average molecular weight is 468 g/mol. The number of rotatable bonds is 5. The van der Waals surface area contributed by atoms with Crippen LogP contribution in [0, 0.1) is 0 Å². The lowest BCUT2D eigenvalue weighted by molar-refractivity contribution is 0.403. The summed E-state index contributed by atoms with van der Waals surface area (Å²) in [6.07, 6.45) is 1.66. The van der Waals surface area contributed by atoms with Gasteiger partial charge >= 0.3 is 0 Å². The van der Waals surface area contributed by atoms with E-state index in [-0.39, 0.29) is 33.1 Å². The molecule has 0 bridgehead atoms. The van der Waals surface area contributed by atoms with Gasteiger partial charge in [0, 0.05) is 5.02 Å². The smallest absolute Gasteiger partial charge is 0.265 e. The normalized spacial score (nSPS) is 13.7. The molecule has 0 saturated carbocycles. The highest BCUT2D eigenvalue weighted by molar-refractivity contribution is 7.92. The van der Waals surface area contributed by atoms with E-state index in [0.29, 0.717) is 11.4 Å². The second kappa shape index (κ2) is 9.41. The zero-order chi connectivity index (χ0) is 19.6. The van der Waals surface area contributed by atoms with Crippen molar-refractivity contribution in [3.63, 3.8) is 0 Å². The van der Waals surface area contributed by atoms with E-state index in [1.165, 1.54) is 26.4 Å². The maximum atomic E-state index is 13.0. The molecule has 1 heterocycles. The molecule has 0 atom stereocenters. The second-order valence-electron chi connectivity index (χ2n) is 6.10. The van der Waals surface area contributed by atoms with Gasteiger partial charge in [-0.05, 0) is 61.3 Å². The third kappa shape index (κ3) is 4.78. The molecule has 3 rings (SSSR count). The summed E-state index contributed by atoms with van der Waals surface area (Å²) in [4.78, 5) is -0.138. The molecule has 0 saturated heterocycles. The molecule has 0 spiro atoms. The molecule has 28 heavy (non-hydrogen) atoms. The number of anilines is 1. The Morgan fingerprint density at radius 2 is 1.64 bits per heavy atom. The van der Waals surface area contributed by atoms with Gasteiger partial charge in [0.15, 0.2) is 5.75 Å². The van der Waals surface area contributed by atoms with Crippen LogP contribution >= 0.6 is 35.6 Å². The van der Waals surface area contributed by atoms with Crippen LogP contribution in [0.3, 0.4) is 0 Å². The monoisotopic (exact) mass is 466 g/mol. The molecule has 1 aliphatic rings. The summed E-state index contributed by atoms with van der Waals surface area (Å²) >= 11 is 12.1. The van der Waals surface area contributed by atoms with Crippen molar-refractivity contribution in [1.82, 2.24) is 5.32 Å². The van der Waals surface area contributed by atoms with E-state index in [9.17, 15) is 8.42 Å². The van der Waals surface area contributed by atoms with E-state index in [2.05, 4.69) is 10.0 Å². The van der Waals surface area contributed by atoms with Crippen molar-refractivity contribution in [2.45, 2.75) is 17.7 Å². The largest absolute Gasteiger partial charge is 0.495 e. The molecule has 1 aliphatic heterocycles. The zero-order valence-electron chi connectivity index (χ0n) is 15.3. The van der Waals surface area contributed by atoms with E-state index < -0.39 is 10.0 Å². The lowest BCUT2D eigenvalue weighted by Crippen LogP contribution is -2.16. The quantitative estimate of drug-likeness (QED) is 0.697. The molecule has 0 fully saturated rings. The van der Waals surface area contributed by atoms with Gasteiger partial charge in [0.2, 0.25) is 0 Å². The third-order valence-corrected chi connectivity index (χ3v) is 6.25. The standard InChI is InChI=1S/C18H20Cl2N2O4S.ClH/c1-25-16-8-12-4-6-21-5-3-11(12)7-15(16)22-27(23,24)17-10-13(19)9-14(20)18(17)26-2;/h7-10,21-22H,3-6H2,1-2H3;1H. The topological polar surface area (TPSA) is 76.7 Å². The minimum Gasteiger partial charge on any atom is -0.495 e. The van der Waals surface area contributed by atoms with Crippen molar-refractivity contribution < 1.29 is 17.9 Å².